The van der Waals surface area contributed by atoms with Gasteiger partial charge in [-0.15, -0.1) is 0 Å². The molecule has 0 radical (unpaired) electrons. The van der Waals surface area contributed by atoms with Crippen LogP contribution in [0.2, 0.25) is 5.02 Å². The van der Waals surface area contributed by atoms with Crippen LogP contribution in [0.15, 0.2) is 28.7 Å². The largest absolute Gasteiger partial charge is 0.459 e. The van der Waals surface area contributed by atoms with Crippen molar-refractivity contribution in [1.29, 1.82) is 0 Å². The van der Waals surface area contributed by atoms with E-state index in [1.807, 2.05) is 24.3 Å². The van der Waals surface area contributed by atoms with E-state index in [2.05, 4.69) is 0 Å². The number of benzene rings is 1. The molecular weight excluding hydrogens is 262 g/mol. The minimum Gasteiger partial charge on any atom is -0.459 e. The number of nitrogens with two attached hydrogens (primary N) is 1. The maximum absolute atomic E-state index is 6.19. The quantitative estimate of drug-likeness (QED) is 0.919. The molecule has 0 bridgehead atoms. The van der Waals surface area contributed by atoms with Gasteiger partial charge in [-0.2, -0.15) is 0 Å². The van der Waals surface area contributed by atoms with E-state index in [9.17, 15) is 0 Å². The first-order valence-corrected chi connectivity index (χ1v) is 7.16. The van der Waals surface area contributed by atoms with Crippen molar-refractivity contribution in [3.63, 3.8) is 0 Å². The molecule has 3 nitrogen and oxygen atoms in total. The fourth-order valence-corrected chi connectivity index (χ4v) is 2.78. The van der Waals surface area contributed by atoms with E-state index in [0.717, 1.165) is 42.6 Å². The molecule has 1 aliphatic heterocycles. The number of furan rings is 1. The van der Waals surface area contributed by atoms with Crippen molar-refractivity contribution in [2.75, 3.05) is 6.61 Å². The van der Waals surface area contributed by atoms with Crippen LogP contribution in [0.1, 0.15) is 37.5 Å². The maximum atomic E-state index is 6.19. The normalized spacial score (nSPS) is 21.1. The van der Waals surface area contributed by atoms with Crippen LogP contribution in [-0.2, 0) is 4.74 Å². The van der Waals surface area contributed by atoms with Gasteiger partial charge in [0.1, 0.15) is 11.3 Å². The summed E-state index contributed by atoms with van der Waals surface area (Å²) < 4.78 is 11.4. The smallest absolute Gasteiger partial charge is 0.134 e. The van der Waals surface area contributed by atoms with Gasteiger partial charge in [-0.1, -0.05) is 11.6 Å². The molecule has 2 unspecified atom stereocenters. The molecule has 19 heavy (non-hydrogen) atoms. The number of hydrogen-bond donors (Lipinski definition) is 1. The number of fused-ring (bicyclic) bond motifs is 1. The zero-order valence-corrected chi connectivity index (χ0v) is 11.5. The second kappa shape index (κ2) is 5.53. The zero-order valence-electron chi connectivity index (χ0n) is 10.8. The van der Waals surface area contributed by atoms with E-state index in [0.29, 0.717) is 11.1 Å². The fraction of sp³-hybridized carbons (Fsp3) is 0.467. The monoisotopic (exact) mass is 279 g/mol. The topological polar surface area (TPSA) is 48.4 Å². The molecule has 0 spiro atoms. The van der Waals surface area contributed by atoms with E-state index in [-0.39, 0.29) is 6.04 Å². The first-order valence-electron chi connectivity index (χ1n) is 6.78. The molecule has 2 aromatic rings. The van der Waals surface area contributed by atoms with Crippen LogP contribution in [0.25, 0.3) is 11.0 Å². The van der Waals surface area contributed by atoms with Gasteiger partial charge < -0.3 is 14.9 Å². The highest BCUT2D eigenvalue weighted by molar-refractivity contribution is 6.31. The molecule has 102 valence electrons. The molecule has 2 N–H and O–H groups in total. The van der Waals surface area contributed by atoms with Crippen molar-refractivity contribution in [2.24, 2.45) is 5.73 Å². The minimum atomic E-state index is -0.0737. The maximum Gasteiger partial charge on any atom is 0.134 e. The van der Waals surface area contributed by atoms with Crippen LogP contribution in [-0.4, -0.2) is 12.7 Å². The number of halogens is 1. The molecule has 3 rings (SSSR count). The molecule has 0 amide bonds. The van der Waals surface area contributed by atoms with E-state index >= 15 is 0 Å². The summed E-state index contributed by atoms with van der Waals surface area (Å²) in [4.78, 5) is 0. The Kier molecular flexibility index (Phi) is 3.78. The Morgan fingerprint density at radius 3 is 3.05 bits per heavy atom. The average molecular weight is 280 g/mol. The summed E-state index contributed by atoms with van der Waals surface area (Å²) in [5.74, 6) is 0.829. The van der Waals surface area contributed by atoms with Crippen molar-refractivity contribution in [1.82, 2.24) is 0 Å². The lowest BCUT2D eigenvalue weighted by Gasteiger charge is -2.12. The van der Waals surface area contributed by atoms with Gasteiger partial charge in [0.05, 0.1) is 12.1 Å². The third-order valence-electron chi connectivity index (χ3n) is 3.69. The first kappa shape index (κ1) is 13.0. The van der Waals surface area contributed by atoms with Crippen LogP contribution in [0.4, 0.5) is 0 Å². The summed E-state index contributed by atoms with van der Waals surface area (Å²) in [5.41, 5.74) is 7.03. The van der Waals surface area contributed by atoms with E-state index in [1.54, 1.807) is 0 Å². The van der Waals surface area contributed by atoms with Gasteiger partial charge in [0.15, 0.2) is 0 Å². The predicted octanol–water partition coefficient (Wildman–Crippen LogP) is 4.05. The van der Waals surface area contributed by atoms with Crippen LogP contribution in [0, 0.1) is 0 Å². The highest BCUT2D eigenvalue weighted by Gasteiger charge is 2.18. The molecular formula is C15H18ClNO2. The third-order valence-corrected chi connectivity index (χ3v) is 3.92. The van der Waals surface area contributed by atoms with Gasteiger partial charge in [-0.05, 0) is 49.9 Å². The van der Waals surface area contributed by atoms with Crippen molar-refractivity contribution in [2.45, 2.75) is 37.8 Å². The first-order chi connectivity index (χ1) is 9.22. The number of hydrogen-bond acceptors (Lipinski definition) is 3. The third kappa shape index (κ3) is 2.94. The molecule has 4 heteroatoms. The fourth-order valence-electron chi connectivity index (χ4n) is 2.60. The molecule has 1 aromatic heterocycles. The lowest BCUT2D eigenvalue weighted by atomic mass is 10.0. The summed E-state index contributed by atoms with van der Waals surface area (Å²) in [6.45, 7) is 0.892. The minimum absolute atomic E-state index is 0.0737. The molecule has 1 aliphatic rings. The molecule has 0 saturated carbocycles. The standard InChI is InChI=1S/C15H18ClNO2/c16-11-3-6-14-10(8-11)9-15(19-14)13(17)5-4-12-2-1-7-18-12/h3,6,8-9,12-13H,1-2,4-5,7,17H2. The summed E-state index contributed by atoms with van der Waals surface area (Å²) in [6, 6.07) is 7.52. The van der Waals surface area contributed by atoms with Crippen molar-refractivity contribution in [3.8, 4) is 0 Å². The van der Waals surface area contributed by atoms with Gasteiger partial charge in [0.25, 0.3) is 0 Å². The Labute approximate surface area is 117 Å². The second-order valence-electron chi connectivity index (χ2n) is 5.15. The number of rotatable bonds is 4. The van der Waals surface area contributed by atoms with Gasteiger partial charge in [0.2, 0.25) is 0 Å². The Balaban J connectivity index is 1.68. The lowest BCUT2D eigenvalue weighted by Crippen LogP contribution is -2.13. The lowest BCUT2D eigenvalue weighted by molar-refractivity contribution is 0.100. The molecule has 2 heterocycles. The Hall–Kier alpha value is -1.03. The predicted molar refractivity (Wildman–Crippen MR) is 76.4 cm³/mol. The van der Waals surface area contributed by atoms with Gasteiger partial charge >= 0.3 is 0 Å². The van der Waals surface area contributed by atoms with Crippen LogP contribution < -0.4 is 5.73 Å². The van der Waals surface area contributed by atoms with Crippen molar-refractivity contribution in [3.05, 3.63) is 35.0 Å². The molecule has 1 fully saturated rings. The number of ether oxygens (including phenoxy) is 1. The zero-order chi connectivity index (χ0) is 13.2. The highest BCUT2D eigenvalue weighted by atomic mass is 35.5. The highest BCUT2D eigenvalue weighted by Crippen LogP contribution is 2.28. The average Bonchev–Trinajstić information content (AvgIpc) is 3.04. The summed E-state index contributed by atoms with van der Waals surface area (Å²) in [5, 5.41) is 1.72. The molecule has 1 aromatic carbocycles. The molecule has 2 atom stereocenters. The summed E-state index contributed by atoms with van der Waals surface area (Å²) >= 11 is 5.97. The van der Waals surface area contributed by atoms with Gasteiger partial charge in [0, 0.05) is 17.0 Å². The molecule has 1 saturated heterocycles. The van der Waals surface area contributed by atoms with Crippen LogP contribution in [0.3, 0.4) is 0 Å². The molecule has 0 aliphatic carbocycles. The summed E-state index contributed by atoms with van der Waals surface area (Å²) in [7, 11) is 0. The van der Waals surface area contributed by atoms with E-state index in [1.165, 1.54) is 6.42 Å². The summed E-state index contributed by atoms with van der Waals surface area (Å²) in [6.07, 6.45) is 4.59. The van der Waals surface area contributed by atoms with Crippen molar-refractivity contribution < 1.29 is 9.15 Å². The Morgan fingerprint density at radius 2 is 2.26 bits per heavy atom. The van der Waals surface area contributed by atoms with Gasteiger partial charge in [-0.3, -0.25) is 0 Å². The van der Waals surface area contributed by atoms with Crippen molar-refractivity contribution >= 4 is 22.6 Å². The van der Waals surface area contributed by atoms with E-state index in [4.69, 9.17) is 26.5 Å². The second-order valence-corrected chi connectivity index (χ2v) is 5.59. The van der Waals surface area contributed by atoms with Crippen LogP contribution >= 0.6 is 11.6 Å². The SMILES string of the molecule is NC(CCC1CCCO1)c1cc2cc(Cl)ccc2o1. The van der Waals surface area contributed by atoms with E-state index < -0.39 is 0 Å². The Morgan fingerprint density at radius 1 is 1.37 bits per heavy atom. The van der Waals surface area contributed by atoms with Gasteiger partial charge in [-0.25, -0.2) is 0 Å². The Bertz CT molecular complexity index is 560. The van der Waals surface area contributed by atoms with Crippen LogP contribution in [0.5, 0.6) is 0 Å².